The highest BCUT2D eigenvalue weighted by Crippen LogP contribution is 2.29. The van der Waals surface area contributed by atoms with Gasteiger partial charge in [-0.2, -0.15) is 9.78 Å². The Morgan fingerprint density at radius 3 is 2.49 bits per heavy atom. The summed E-state index contributed by atoms with van der Waals surface area (Å²) in [7, 11) is 3.02. The molecule has 0 spiro atoms. The Kier molecular flexibility index (Phi) is 6.50. The summed E-state index contributed by atoms with van der Waals surface area (Å²) in [5.41, 5.74) is 1.16. The van der Waals surface area contributed by atoms with Gasteiger partial charge in [-0.15, -0.1) is 0 Å². The number of benzene rings is 3. The first kappa shape index (κ1) is 23.6. The Labute approximate surface area is 211 Å². The molecular weight excluding hydrogens is 474 g/mol. The van der Waals surface area contributed by atoms with E-state index in [-0.39, 0.29) is 17.1 Å². The van der Waals surface area contributed by atoms with Gasteiger partial charge in [-0.05, 0) is 72.3 Å². The van der Waals surface area contributed by atoms with Crippen molar-refractivity contribution in [2.45, 2.75) is 0 Å². The fourth-order valence-corrected chi connectivity index (χ4v) is 3.66. The summed E-state index contributed by atoms with van der Waals surface area (Å²) in [6.07, 6.45) is 2.99. The molecule has 2 heterocycles. The Morgan fingerprint density at radius 2 is 1.76 bits per heavy atom. The standard InChI is InChI=1S/C28H21N3O6/c1-34-20-12-10-19(11-13-20)28(33)37-23-14-9-18(16-25(23)35-2)17-29-31-26(24-8-5-15-36-24)30-22-7-4-3-6-21(22)27(31)32/h3-17H,1-2H3. The molecule has 0 fully saturated rings. The Bertz CT molecular complexity index is 1650. The quantitative estimate of drug-likeness (QED) is 0.182. The normalized spacial score (nSPS) is 11.1. The smallest absolute Gasteiger partial charge is 0.343 e. The number of esters is 1. The van der Waals surface area contributed by atoms with Gasteiger partial charge in [0.25, 0.3) is 5.56 Å². The van der Waals surface area contributed by atoms with Crippen LogP contribution < -0.4 is 19.8 Å². The lowest BCUT2D eigenvalue weighted by molar-refractivity contribution is 0.0729. The van der Waals surface area contributed by atoms with E-state index in [1.54, 1.807) is 79.9 Å². The van der Waals surface area contributed by atoms with Crippen LogP contribution in [-0.4, -0.2) is 36.1 Å². The number of hydrogen-bond donors (Lipinski definition) is 0. The molecular formula is C28H21N3O6. The third-order valence-electron chi connectivity index (χ3n) is 5.53. The van der Waals surface area contributed by atoms with Crippen LogP contribution in [-0.2, 0) is 0 Å². The van der Waals surface area contributed by atoms with Gasteiger partial charge in [-0.1, -0.05) is 12.1 Å². The van der Waals surface area contributed by atoms with Gasteiger partial charge in [-0.25, -0.2) is 9.78 Å². The van der Waals surface area contributed by atoms with Crippen LogP contribution in [0.15, 0.2) is 99.4 Å². The first-order valence-corrected chi connectivity index (χ1v) is 11.2. The van der Waals surface area contributed by atoms with Crippen molar-refractivity contribution in [3.63, 3.8) is 0 Å². The molecule has 0 N–H and O–H groups in total. The number of para-hydroxylation sites is 1. The summed E-state index contributed by atoms with van der Waals surface area (Å²) in [5.74, 6) is 1.32. The largest absolute Gasteiger partial charge is 0.497 e. The third kappa shape index (κ3) is 4.83. The van der Waals surface area contributed by atoms with E-state index in [9.17, 15) is 9.59 Å². The molecule has 2 aromatic heterocycles. The van der Waals surface area contributed by atoms with Crippen molar-refractivity contribution >= 4 is 23.1 Å². The summed E-state index contributed by atoms with van der Waals surface area (Å²) in [6, 6.07) is 21.9. The number of furan rings is 1. The monoisotopic (exact) mass is 495 g/mol. The van der Waals surface area contributed by atoms with Gasteiger partial charge >= 0.3 is 5.97 Å². The number of ether oxygens (including phenoxy) is 3. The molecule has 0 radical (unpaired) electrons. The highest BCUT2D eigenvalue weighted by atomic mass is 16.6. The van der Waals surface area contributed by atoms with Gasteiger partial charge in [0.05, 0.1) is 43.2 Å². The number of aromatic nitrogens is 2. The minimum atomic E-state index is -0.542. The van der Waals surface area contributed by atoms with E-state index >= 15 is 0 Å². The Hall–Kier alpha value is -5.18. The second kappa shape index (κ2) is 10.2. The molecule has 0 aliphatic rings. The van der Waals surface area contributed by atoms with Gasteiger partial charge in [0.1, 0.15) is 5.75 Å². The second-order valence-electron chi connectivity index (χ2n) is 7.82. The van der Waals surface area contributed by atoms with Gasteiger partial charge in [0.15, 0.2) is 17.3 Å². The lowest BCUT2D eigenvalue weighted by Crippen LogP contribution is -2.20. The van der Waals surface area contributed by atoms with Gasteiger partial charge in [0.2, 0.25) is 5.82 Å². The summed E-state index contributed by atoms with van der Waals surface area (Å²) in [6.45, 7) is 0. The first-order valence-electron chi connectivity index (χ1n) is 11.2. The lowest BCUT2D eigenvalue weighted by Gasteiger charge is -2.10. The number of hydrogen-bond acceptors (Lipinski definition) is 8. The predicted octanol–water partition coefficient (Wildman–Crippen LogP) is 4.78. The number of methoxy groups -OCH3 is 2. The number of carbonyl (C=O) groups is 1. The summed E-state index contributed by atoms with van der Waals surface area (Å²) in [4.78, 5) is 30.4. The van der Waals surface area contributed by atoms with E-state index in [1.165, 1.54) is 24.3 Å². The third-order valence-corrected chi connectivity index (χ3v) is 5.53. The summed E-state index contributed by atoms with van der Waals surface area (Å²) in [5, 5.41) is 4.82. The maximum atomic E-state index is 13.2. The van der Waals surface area contributed by atoms with Crippen LogP contribution in [0.3, 0.4) is 0 Å². The van der Waals surface area contributed by atoms with Gasteiger partial charge in [-0.3, -0.25) is 4.79 Å². The Morgan fingerprint density at radius 1 is 0.946 bits per heavy atom. The Balaban J connectivity index is 1.46. The highest BCUT2D eigenvalue weighted by Gasteiger charge is 2.15. The van der Waals surface area contributed by atoms with Gasteiger partial charge in [0, 0.05) is 0 Å². The first-order chi connectivity index (χ1) is 18.1. The average molecular weight is 495 g/mol. The van der Waals surface area contributed by atoms with E-state index in [0.29, 0.717) is 39.3 Å². The molecule has 0 amide bonds. The van der Waals surface area contributed by atoms with E-state index in [0.717, 1.165) is 0 Å². The minimum absolute atomic E-state index is 0.237. The summed E-state index contributed by atoms with van der Waals surface area (Å²) >= 11 is 0. The van der Waals surface area contributed by atoms with Crippen molar-refractivity contribution < 1.29 is 23.4 Å². The number of fused-ring (bicyclic) bond motifs is 1. The van der Waals surface area contributed by atoms with Crippen LogP contribution in [0.4, 0.5) is 0 Å². The molecule has 5 rings (SSSR count). The molecule has 0 bridgehead atoms. The van der Waals surface area contributed by atoms with E-state index in [4.69, 9.17) is 18.6 Å². The van der Waals surface area contributed by atoms with Crippen LogP contribution in [0.1, 0.15) is 15.9 Å². The molecule has 0 aliphatic carbocycles. The highest BCUT2D eigenvalue weighted by molar-refractivity contribution is 5.92. The zero-order valence-electron chi connectivity index (χ0n) is 20.0. The lowest BCUT2D eigenvalue weighted by atomic mass is 10.2. The molecule has 9 nitrogen and oxygen atoms in total. The molecule has 37 heavy (non-hydrogen) atoms. The zero-order valence-corrected chi connectivity index (χ0v) is 20.0. The molecule has 0 atom stereocenters. The molecule has 0 aliphatic heterocycles. The molecule has 9 heteroatoms. The van der Waals surface area contributed by atoms with E-state index in [2.05, 4.69) is 10.1 Å². The van der Waals surface area contributed by atoms with Crippen LogP contribution >= 0.6 is 0 Å². The molecule has 0 saturated carbocycles. The fourth-order valence-electron chi connectivity index (χ4n) is 3.66. The van der Waals surface area contributed by atoms with Crippen molar-refractivity contribution in [3.8, 4) is 28.8 Å². The van der Waals surface area contributed by atoms with Gasteiger partial charge < -0.3 is 18.6 Å². The zero-order chi connectivity index (χ0) is 25.8. The average Bonchev–Trinajstić information content (AvgIpc) is 3.48. The molecule has 184 valence electrons. The summed E-state index contributed by atoms with van der Waals surface area (Å²) < 4.78 is 22.7. The van der Waals surface area contributed by atoms with E-state index in [1.807, 2.05) is 6.07 Å². The van der Waals surface area contributed by atoms with Crippen LogP contribution in [0.5, 0.6) is 17.2 Å². The SMILES string of the molecule is COc1ccc(C(=O)Oc2ccc(C=Nn3c(-c4ccco4)nc4ccccc4c3=O)cc2OC)cc1. The number of rotatable bonds is 7. The van der Waals surface area contributed by atoms with E-state index < -0.39 is 5.97 Å². The minimum Gasteiger partial charge on any atom is -0.497 e. The van der Waals surface area contributed by atoms with Crippen LogP contribution in [0.25, 0.3) is 22.5 Å². The maximum Gasteiger partial charge on any atom is 0.343 e. The van der Waals surface area contributed by atoms with Crippen molar-refractivity contribution in [2.75, 3.05) is 14.2 Å². The predicted molar refractivity (Wildman–Crippen MR) is 138 cm³/mol. The molecule has 0 saturated heterocycles. The van der Waals surface area contributed by atoms with Crippen molar-refractivity contribution in [3.05, 3.63) is 107 Å². The van der Waals surface area contributed by atoms with Crippen molar-refractivity contribution in [1.82, 2.24) is 9.66 Å². The molecule has 0 unspecified atom stereocenters. The molecule has 5 aromatic rings. The van der Waals surface area contributed by atoms with Crippen molar-refractivity contribution in [2.24, 2.45) is 5.10 Å². The number of nitrogens with zero attached hydrogens (tertiary/aromatic N) is 3. The van der Waals surface area contributed by atoms with Crippen LogP contribution in [0.2, 0.25) is 0 Å². The topological polar surface area (TPSA) is 105 Å². The molecule has 3 aromatic carbocycles. The second-order valence-corrected chi connectivity index (χ2v) is 7.82. The number of carbonyl (C=O) groups excluding carboxylic acids is 1. The fraction of sp³-hybridized carbons (Fsp3) is 0.0714. The van der Waals surface area contributed by atoms with Crippen LogP contribution in [0, 0.1) is 0 Å². The van der Waals surface area contributed by atoms with Crippen molar-refractivity contribution in [1.29, 1.82) is 0 Å². The maximum absolute atomic E-state index is 13.2.